The minimum Gasteiger partial charge on any atom is -0.351 e. The maximum Gasteiger partial charge on any atom is 0.116 e. The molecule has 2 heteroatoms. The van der Waals surface area contributed by atoms with Crippen molar-refractivity contribution in [1.29, 1.82) is 0 Å². The highest BCUT2D eigenvalue weighted by Crippen LogP contribution is 2.19. The van der Waals surface area contributed by atoms with E-state index < -0.39 is 8.24 Å². The van der Waals surface area contributed by atoms with Crippen LogP contribution in [0.5, 0.6) is 0 Å². The number of rotatable bonds is 7. The highest BCUT2D eigenvalue weighted by Gasteiger charge is 2.15. The van der Waals surface area contributed by atoms with Crippen LogP contribution in [0.15, 0.2) is 0 Å². The first-order valence-corrected chi connectivity index (χ1v) is 9.38. The average molecular weight is 215 g/mol. The molecule has 0 aliphatic rings. The number of hydrogen-bond acceptors (Lipinski definition) is 1. The molecule has 1 unspecified atom stereocenters. The van der Waals surface area contributed by atoms with E-state index in [-0.39, 0.29) is 0 Å². The monoisotopic (exact) mass is 215 g/mol. The van der Waals surface area contributed by atoms with Crippen molar-refractivity contribution in [3.63, 3.8) is 0 Å². The second-order valence-electron chi connectivity index (χ2n) is 5.96. The smallest absolute Gasteiger partial charge is 0.116 e. The molecule has 0 aromatic heterocycles. The van der Waals surface area contributed by atoms with Gasteiger partial charge in [-0.3, -0.25) is 0 Å². The summed E-state index contributed by atoms with van der Waals surface area (Å²) in [5.74, 6) is 1.74. The predicted molar refractivity (Wildman–Crippen MR) is 68.9 cm³/mol. The van der Waals surface area contributed by atoms with Crippen LogP contribution in [-0.2, 0) is 0 Å². The zero-order chi connectivity index (χ0) is 11.2. The lowest BCUT2D eigenvalue weighted by molar-refractivity contribution is 0.447. The summed E-state index contributed by atoms with van der Waals surface area (Å²) in [7, 11) is -1.28. The molecule has 0 aromatic rings. The molecule has 0 amide bonds. The first-order valence-electron chi connectivity index (χ1n) is 6.10. The summed E-state index contributed by atoms with van der Waals surface area (Å²) in [5, 5.41) is 6.10. The maximum absolute atomic E-state index is 6.10. The molecule has 0 saturated carbocycles. The summed E-state index contributed by atoms with van der Waals surface area (Å²) in [6.45, 7) is 11.5. The molecule has 0 aliphatic heterocycles. The fourth-order valence-corrected chi connectivity index (χ4v) is 2.87. The minimum absolute atomic E-state index is 0.863. The lowest BCUT2D eigenvalue weighted by Crippen LogP contribution is -2.38. The van der Waals surface area contributed by atoms with E-state index in [0.717, 1.165) is 11.8 Å². The quantitative estimate of drug-likeness (QED) is 0.638. The van der Waals surface area contributed by atoms with E-state index in [1.807, 2.05) is 0 Å². The van der Waals surface area contributed by atoms with E-state index in [9.17, 15) is 0 Å². The highest BCUT2D eigenvalue weighted by molar-refractivity contribution is 6.74. The van der Waals surface area contributed by atoms with Gasteiger partial charge in [0.2, 0.25) is 0 Å². The number of hydrogen-bond donors (Lipinski definition) is 1. The SMILES string of the molecule is CC(C)CCCC(C)CC[Si](C)(C)N. The Hall–Kier alpha value is 0.177. The summed E-state index contributed by atoms with van der Waals surface area (Å²) in [6, 6.07) is 1.29. The Kier molecular flexibility index (Phi) is 6.71. The van der Waals surface area contributed by atoms with Crippen LogP contribution < -0.4 is 5.40 Å². The first-order chi connectivity index (χ1) is 6.31. The molecule has 0 rings (SSSR count). The predicted octanol–water partition coefficient (Wildman–Crippen LogP) is 4.00. The third-order valence-electron chi connectivity index (χ3n) is 2.76. The lowest BCUT2D eigenvalue weighted by atomic mass is 9.98. The average Bonchev–Trinajstić information content (AvgIpc) is 1.99. The van der Waals surface area contributed by atoms with Crippen LogP contribution in [0.25, 0.3) is 0 Å². The van der Waals surface area contributed by atoms with Gasteiger partial charge in [-0.25, -0.2) is 0 Å². The van der Waals surface area contributed by atoms with Gasteiger partial charge < -0.3 is 5.40 Å². The van der Waals surface area contributed by atoms with Crippen LogP contribution in [0.2, 0.25) is 19.1 Å². The standard InChI is InChI=1S/C12H29NSi/c1-11(2)7-6-8-12(3)9-10-14(4,5)13/h11-12H,6-10,13H2,1-5H3. The second kappa shape index (κ2) is 6.62. The van der Waals surface area contributed by atoms with E-state index in [1.165, 1.54) is 31.7 Å². The molecule has 0 radical (unpaired) electrons. The van der Waals surface area contributed by atoms with E-state index in [0.29, 0.717) is 0 Å². The van der Waals surface area contributed by atoms with Crippen LogP contribution in [0, 0.1) is 11.8 Å². The van der Waals surface area contributed by atoms with Crippen LogP contribution in [0.3, 0.4) is 0 Å². The molecule has 1 nitrogen and oxygen atoms in total. The molecule has 0 saturated heterocycles. The van der Waals surface area contributed by atoms with Crippen molar-refractivity contribution in [2.45, 2.75) is 65.6 Å². The van der Waals surface area contributed by atoms with Gasteiger partial charge in [0, 0.05) is 0 Å². The largest absolute Gasteiger partial charge is 0.351 e. The fraction of sp³-hybridized carbons (Fsp3) is 1.00. The maximum atomic E-state index is 6.10. The molecule has 0 spiro atoms. The van der Waals surface area contributed by atoms with Crippen molar-refractivity contribution in [2.24, 2.45) is 17.2 Å². The van der Waals surface area contributed by atoms with Crippen molar-refractivity contribution in [2.75, 3.05) is 0 Å². The molecule has 86 valence electrons. The van der Waals surface area contributed by atoms with Gasteiger partial charge in [-0.1, -0.05) is 59.5 Å². The summed E-state index contributed by atoms with van der Waals surface area (Å²) >= 11 is 0. The molecular weight excluding hydrogens is 186 g/mol. The van der Waals surface area contributed by atoms with Gasteiger partial charge in [-0.15, -0.1) is 0 Å². The molecule has 14 heavy (non-hydrogen) atoms. The van der Waals surface area contributed by atoms with Crippen LogP contribution >= 0.6 is 0 Å². The Balaban J connectivity index is 3.42. The van der Waals surface area contributed by atoms with E-state index >= 15 is 0 Å². The lowest BCUT2D eigenvalue weighted by Gasteiger charge is -2.18. The minimum atomic E-state index is -1.28. The molecule has 0 fully saturated rings. The fourth-order valence-electron chi connectivity index (χ4n) is 1.64. The van der Waals surface area contributed by atoms with Crippen molar-refractivity contribution in [3.8, 4) is 0 Å². The molecule has 2 N–H and O–H groups in total. The first kappa shape index (κ1) is 14.2. The van der Waals surface area contributed by atoms with Crippen LogP contribution in [-0.4, -0.2) is 8.24 Å². The highest BCUT2D eigenvalue weighted by atomic mass is 28.3. The zero-order valence-electron chi connectivity index (χ0n) is 10.8. The van der Waals surface area contributed by atoms with Gasteiger partial charge in [-0.05, 0) is 17.9 Å². The van der Waals surface area contributed by atoms with Gasteiger partial charge in [-0.2, -0.15) is 0 Å². The Morgan fingerprint density at radius 1 is 1.00 bits per heavy atom. The molecule has 0 aliphatic carbocycles. The van der Waals surface area contributed by atoms with Gasteiger partial charge in [0.15, 0.2) is 0 Å². The molecule has 0 bridgehead atoms. The number of nitrogens with two attached hydrogens (primary N) is 1. The van der Waals surface area contributed by atoms with Crippen molar-refractivity contribution in [1.82, 2.24) is 0 Å². The van der Waals surface area contributed by atoms with Gasteiger partial charge in [0.1, 0.15) is 8.24 Å². The Morgan fingerprint density at radius 3 is 2.00 bits per heavy atom. The summed E-state index contributed by atoms with van der Waals surface area (Å²) in [6.07, 6.45) is 5.51. The van der Waals surface area contributed by atoms with Crippen LogP contribution in [0.1, 0.15) is 46.5 Å². The molecule has 0 heterocycles. The van der Waals surface area contributed by atoms with E-state index in [4.69, 9.17) is 5.40 Å². The second-order valence-corrected chi connectivity index (χ2v) is 10.4. The summed E-state index contributed by atoms with van der Waals surface area (Å²) < 4.78 is 0. The van der Waals surface area contributed by atoms with Crippen LogP contribution in [0.4, 0.5) is 0 Å². The van der Waals surface area contributed by atoms with Crippen molar-refractivity contribution >= 4 is 8.24 Å². The van der Waals surface area contributed by atoms with Gasteiger partial charge in [0.25, 0.3) is 0 Å². The van der Waals surface area contributed by atoms with E-state index in [2.05, 4.69) is 33.9 Å². The third kappa shape index (κ3) is 10.3. The Morgan fingerprint density at radius 2 is 1.57 bits per heavy atom. The van der Waals surface area contributed by atoms with Gasteiger partial charge >= 0.3 is 0 Å². The van der Waals surface area contributed by atoms with E-state index in [1.54, 1.807) is 0 Å². The summed E-state index contributed by atoms with van der Waals surface area (Å²) in [4.78, 5) is 0. The van der Waals surface area contributed by atoms with Crippen molar-refractivity contribution < 1.29 is 0 Å². The Labute approximate surface area is 91.6 Å². The topological polar surface area (TPSA) is 26.0 Å². The molecule has 1 atom stereocenters. The Bertz CT molecular complexity index is 138. The zero-order valence-corrected chi connectivity index (χ0v) is 11.8. The van der Waals surface area contributed by atoms with Gasteiger partial charge in [0.05, 0.1) is 0 Å². The molecular formula is C12H29NSi. The summed E-state index contributed by atoms with van der Waals surface area (Å²) in [5.41, 5.74) is 0. The normalized spacial score (nSPS) is 14.8. The third-order valence-corrected chi connectivity index (χ3v) is 4.34. The molecule has 0 aromatic carbocycles. The van der Waals surface area contributed by atoms with Crippen molar-refractivity contribution in [3.05, 3.63) is 0 Å².